The van der Waals surface area contributed by atoms with E-state index in [1.165, 1.54) is 35.0 Å². The molecule has 0 spiro atoms. The number of hydrogen-bond acceptors (Lipinski definition) is 5. The summed E-state index contributed by atoms with van der Waals surface area (Å²) in [6, 6.07) is 16.1. The van der Waals surface area contributed by atoms with Crippen molar-refractivity contribution in [3.8, 4) is 11.3 Å². The van der Waals surface area contributed by atoms with E-state index in [1.54, 1.807) is 6.20 Å². The third-order valence-electron chi connectivity index (χ3n) is 5.06. The van der Waals surface area contributed by atoms with E-state index >= 15 is 0 Å². The number of aromatic nitrogens is 2. The predicted molar refractivity (Wildman–Crippen MR) is 120 cm³/mol. The van der Waals surface area contributed by atoms with Crippen molar-refractivity contribution in [1.29, 1.82) is 0 Å². The summed E-state index contributed by atoms with van der Waals surface area (Å²) < 4.78 is 1.47. The van der Waals surface area contributed by atoms with Crippen molar-refractivity contribution < 1.29 is 4.79 Å². The van der Waals surface area contributed by atoms with E-state index in [1.807, 2.05) is 43.3 Å². The van der Waals surface area contributed by atoms with Gasteiger partial charge >= 0.3 is 0 Å². The number of nitrogens with one attached hydrogen (secondary N) is 1. The topological polar surface area (TPSA) is 76.2 Å². The zero-order valence-corrected chi connectivity index (χ0v) is 17.3. The SMILES string of the molecule is Cc1cc(N2CCCC2)ccc1NC(=O)CSc1nc(-c2ccccc2)cn1N. The number of benzene rings is 2. The molecule has 0 saturated carbocycles. The van der Waals surface area contributed by atoms with E-state index in [0.717, 1.165) is 35.6 Å². The molecule has 1 aliphatic rings. The molecule has 0 radical (unpaired) electrons. The fraction of sp³-hybridized carbons (Fsp3) is 0.273. The number of anilines is 2. The van der Waals surface area contributed by atoms with E-state index in [2.05, 4.69) is 27.3 Å². The fourth-order valence-corrected chi connectivity index (χ4v) is 4.20. The Morgan fingerprint density at radius 1 is 1.17 bits per heavy atom. The number of carbonyl (C=O) groups is 1. The number of nitrogens with zero attached hydrogens (tertiary/aromatic N) is 3. The third kappa shape index (κ3) is 4.56. The lowest BCUT2D eigenvalue weighted by Crippen LogP contribution is -2.19. The van der Waals surface area contributed by atoms with Gasteiger partial charge in [0.15, 0.2) is 5.16 Å². The molecule has 2 heterocycles. The first-order chi connectivity index (χ1) is 14.1. The van der Waals surface area contributed by atoms with Crippen LogP contribution in [0, 0.1) is 6.92 Å². The van der Waals surface area contributed by atoms with Crippen molar-refractivity contribution in [3.63, 3.8) is 0 Å². The average Bonchev–Trinajstić information content (AvgIpc) is 3.39. The summed E-state index contributed by atoms with van der Waals surface area (Å²) in [4.78, 5) is 19.4. The highest BCUT2D eigenvalue weighted by Gasteiger charge is 2.15. The molecular weight excluding hydrogens is 382 g/mol. The van der Waals surface area contributed by atoms with Crippen LogP contribution >= 0.6 is 11.8 Å². The van der Waals surface area contributed by atoms with Crippen molar-refractivity contribution in [3.05, 3.63) is 60.3 Å². The second kappa shape index (κ2) is 8.61. The highest BCUT2D eigenvalue weighted by Crippen LogP contribution is 2.26. The molecule has 0 bridgehead atoms. The summed E-state index contributed by atoms with van der Waals surface area (Å²) in [7, 11) is 0. The monoisotopic (exact) mass is 407 g/mol. The second-order valence-corrected chi connectivity index (χ2v) is 8.15. The Kier molecular flexibility index (Phi) is 5.76. The maximum Gasteiger partial charge on any atom is 0.234 e. The quantitative estimate of drug-likeness (QED) is 0.479. The standard InChI is InChI=1S/C22H25N5OS/c1-16-13-18(26-11-5-6-12-26)9-10-19(16)24-21(28)15-29-22-25-20(14-27(22)23)17-7-3-2-4-8-17/h2-4,7-10,13-14H,5-6,11-12,15,23H2,1H3,(H,24,28). The van der Waals surface area contributed by atoms with Gasteiger partial charge in [-0.1, -0.05) is 42.1 Å². The van der Waals surface area contributed by atoms with Gasteiger partial charge in [-0.3, -0.25) is 4.79 Å². The molecule has 1 aliphatic heterocycles. The maximum absolute atomic E-state index is 12.4. The smallest absolute Gasteiger partial charge is 0.234 e. The van der Waals surface area contributed by atoms with E-state index in [-0.39, 0.29) is 11.7 Å². The summed E-state index contributed by atoms with van der Waals surface area (Å²) in [6.07, 6.45) is 4.27. The van der Waals surface area contributed by atoms with Crippen LogP contribution in [0.1, 0.15) is 18.4 Å². The molecule has 1 saturated heterocycles. The van der Waals surface area contributed by atoms with Gasteiger partial charge in [-0.15, -0.1) is 0 Å². The van der Waals surface area contributed by atoms with Crippen molar-refractivity contribution >= 4 is 29.0 Å². The number of nitrogen functional groups attached to an aromatic ring is 1. The lowest BCUT2D eigenvalue weighted by molar-refractivity contribution is -0.113. The molecule has 1 aromatic heterocycles. The van der Waals surface area contributed by atoms with E-state index < -0.39 is 0 Å². The molecular formula is C22H25N5OS. The molecule has 3 N–H and O–H groups in total. The Morgan fingerprint density at radius 3 is 2.66 bits per heavy atom. The lowest BCUT2D eigenvalue weighted by Gasteiger charge is -2.19. The minimum atomic E-state index is -0.0729. The molecule has 2 aromatic carbocycles. The second-order valence-electron chi connectivity index (χ2n) is 7.21. The van der Waals surface area contributed by atoms with Gasteiger partial charge in [0.1, 0.15) is 0 Å². The zero-order valence-electron chi connectivity index (χ0n) is 16.5. The Morgan fingerprint density at radius 2 is 1.93 bits per heavy atom. The molecule has 3 aromatic rings. The summed E-state index contributed by atoms with van der Waals surface area (Å²) in [5, 5.41) is 3.61. The van der Waals surface area contributed by atoms with E-state index in [0.29, 0.717) is 5.16 Å². The predicted octanol–water partition coefficient (Wildman–Crippen LogP) is 3.90. The molecule has 7 heteroatoms. The number of amides is 1. The number of aryl methyl sites for hydroxylation is 1. The lowest BCUT2D eigenvalue weighted by atomic mass is 10.1. The first kappa shape index (κ1) is 19.4. The van der Waals surface area contributed by atoms with Gasteiger partial charge in [0, 0.05) is 30.0 Å². The third-order valence-corrected chi connectivity index (χ3v) is 6.02. The molecule has 6 nitrogen and oxygen atoms in total. The number of rotatable bonds is 6. The van der Waals surface area contributed by atoms with Gasteiger partial charge in [-0.05, 0) is 43.5 Å². The molecule has 0 aliphatic carbocycles. The fourth-order valence-electron chi connectivity index (χ4n) is 3.51. The van der Waals surface area contributed by atoms with Gasteiger partial charge in [0.2, 0.25) is 5.91 Å². The summed E-state index contributed by atoms with van der Waals surface area (Å²) in [6.45, 7) is 4.25. The largest absolute Gasteiger partial charge is 0.372 e. The molecule has 29 heavy (non-hydrogen) atoms. The van der Waals surface area contributed by atoms with E-state index in [9.17, 15) is 4.79 Å². The van der Waals surface area contributed by atoms with Gasteiger partial charge in [-0.2, -0.15) is 0 Å². The normalized spacial score (nSPS) is 13.6. The molecule has 1 amide bonds. The zero-order chi connectivity index (χ0) is 20.2. The van der Waals surface area contributed by atoms with Crippen molar-refractivity contribution in [1.82, 2.24) is 9.66 Å². The van der Waals surface area contributed by atoms with Gasteiger partial charge in [0.05, 0.1) is 17.6 Å². The van der Waals surface area contributed by atoms with Crippen LogP contribution in [0.25, 0.3) is 11.3 Å². The summed E-state index contributed by atoms with van der Waals surface area (Å²) >= 11 is 1.33. The van der Waals surface area contributed by atoms with Crippen LogP contribution in [-0.2, 0) is 4.79 Å². The highest BCUT2D eigenvalue weighted by atomic mass is 32.2. The average molecular weight is 408 g/mol. The Balaban J connectivity index is 1.36. The van der Waals surface area contributed by atoms with Crippen molar-refractivity contribution in [2.45, 2.75) is 24.9 Å². The number of hydrogen-bond donors (Lipinski definition) is 2. The first-order valence-electron chi connectivity index (χ1n) is 9.78. The Labute approximate surface area is 175 Å². The van der Waals surface area contributed by atoms with Crippen LogP contribution in [-0.4, -0.2) is 34.4 Å². The minimum absolute atomic E-state index is 0.0729. The van der Waals surface area contributed by atoms with Gasteiger partial charge in [-0.25, -0.2) is 9.66 Å². The highest BCUT2D eigenvalue weighted by molar-refractivity contribution is 7.99. The van der Waals surface area contributed by atoms with Crippen LogP contribution < -0.4 is 16.1 Å². The molecule has 1 fully saturated rings. The van der Waals surface area contributed by atoms with Crippen LogP contribution in [0.15, 0.2) is 59.9 Å². The number of carbonyl (C=O) groups excluding carboxylic acids is 1. The molecule has 0 atom stereocenters. The molecule has 4 rings (SSSR count). The van der Waals surface area contributed by atoms with Crippen LogP contribution in [0.2, 0.25) is 0 Å². The van der Waals surface area contributed by atoms with Crippen LogP contribution in [0.5, 0.6) is 0 Å². The Hall–Kier alpha value is -2.93. The first-order valence-corrected chi connectivity index (χ1v) is 10.8. The van der Waals surface area contributed by atoms with Crippen LogP contribution in [0.3, 0.4) is 0 Å². The van der Waals surface area contributed by atoms with Gasteiger partial charge < -0.3 is 16.1 Å². The summed E-state index contributed by atoms with van der Waals surface area (Å²) in [5.74, 6) is 6.19. The maximum atomic E-state index is 12.4. The van der Waals surface area contributed by atoms with Gasteiger partial charge in [0.25, 0.3) is 0 Å². The minimum Gasteiger partial charge on any atom is -0.372 e. The molecule has 0 unspecified atom stereocenters. The van der Waals surface area contributed by atoms with Crippen LogP contribution in [0.4, 0.5) is 11.4 Å². The van der Waals surface area contributed by atoms with Crippen molar-refractivity contribution in [2.24, 2.45) is 0 Å². The Bertz CT molecular complexity index is 996. The molecule has 150 valence electrons. The van der Waals surface area contributed by atoms with E-state index in [4.69, 9.17) is 5.84 Å². The number of thioether (sulfide) groups is 1. The number of imidazole rings is 1. The number of nitrogens with two attached hydrogens (primary N) is 1. The van der Waals surface area contributed by atoms with Crippen molar-refractivity contribution in [2.75, 3.05) is 34.9 Å². The summed E-state index contributed by atoms with van der Waals surface area (Å²) in [5.41, 5.74) is 4.94.